The number of benzene rings is 2. The third-order valence-corrected chi connectivity index (χ3v) is 8.14. The number of aromatic amines is 1. The van der Waals surface area contributed by atoms with Crippen LogP contribution in [0.15, 0.2) is 55.9 Å². The summed E-state index contributed by atoms with van der Waals surface area (Å²) >= 11 is 6.04. The molecule has 1 saturated carbocycles. The fourth-order valence-corrected chi connectivity index (χ4v) is 5.95. The van der Waals surface area contributed by atoms with Gasteiger partial charge in [0.15, 0.2) is 0 Å². The van der Waals surface area contributed by atoms with E-state index in [1.54, 1.807) is 12.3 Å². The van der Waals surface area contributed by atoms with E-state index in [9.17, 15) is 27.6 Å². The SMILES string of the molecule is CN(C)[C@@H]1C[C@H]1n1ccc2c(F)cc(S(=O)(=O)c3ccc(Cl)c4c(=O)n(O)c(=O)[nH]c34)cc21. The van der Waals surface area contributed by atoms with Gasteiger partial charge in [-0.15, -0.1) is 0 Å². The molecule has 33 heavy (non-hydrogen) atoms. The molecule has 0 unspecified atom stereocenters. The second kappa shape index (κ2) is 7.17. The Hall–Kier alpha value is -3.15. The third kappa shape index (κ3) is 3.18. The van der Waals surface area contributed by atoms with E-state index in [0.717, 1.165) is 18.6 Å². The van der Waals surface area contributed by atoms with Crippen LogP contribution < -0.4 is 11.2 Å². The smallest absolute Gasteiger partial charge is 0.362 e. The summed E-state index contributed by atoms with van der Waals surface area (Å²) in [6.45, 7) is 0. The Morgan fingerprint density at radius 2 is 1.94 bits per heavy atom. The molecule has 0 spiro atoms. The number of hydrogen-bond donors (Lipinski definition) is 2. The first kappa shape index (κ1) is 21.7. The standard InChI is InChI=1S/C21H18ClFN4O5S/c1-25(2)15-9-16(15)26-6-5-11-13(23)7-10(8-14(11)26)33(31,32)17-4-3-12(22)18-19(17)24-21(29)27(30)20(18)28/h3-8,15-16,30H,9H2,1-2H3,(H,24,29)/t15-,16-/m1/s1. The molecule has 12 heteroatoms. The molecule has 4 aromatic rings. The highest BCUT2D eigenvalue weighted by atomic mass is 35.5. The van der Waals surface area contributed by atoms with Gasteiger partial charge in [-0.3, -0.25) is 4.79 Å². The number of halogens is 2. The van der Waals surface area contributed by atoms with Crippen LogP contribution >= 0.6 is 11.6 Å². The summed E-state index contributed by atoms with van der Waals surface area (Å²) in [4.78, 5) is 27.7. The lowest BCUT2D eigenvalue weighted by Crippen LogP contribution is -2.33. The lowest BCUT2D eigenvalue weighted by Gasteiger charge is -2.12. The van der Waals surface area contributed by atoms with E-state index in [2.05, 4.69) is 9.88 Å². The summed E-state index contributed by atoms with van der Waals surface area (Å²) in [7, 11) is -0.507. The van der Waals surface area contributed by atoms with Crippen molar-refractivity contribution in [2.45, 2.75) is 28.3 Å². The van der Waals surface area contributed by atoms with Crippen molar-refractivity contribution in [2.75, 3.05) is 14.1 Å². The van der Waals surface area contributed by atoms with Crippen LogP contribution in [-0.2, 0) is 9.84 Å². The number of H-pyrrole nitrogens is 1. The van der Waals surface area contributed by atoms with Crippen LogP contribution in [0.2, 0.25) is 5.02 Å². The maximum absolute atomic E-state index is 15.0. The number of nitrogens with zero attached hydrogens (tertiary/aromatic N) is 3. The maximum Gasteiger partial charge on any atom is 0.362 e. The van der Waals surface area contributed by atoms with Crippen LogP contribution in [0.5, 0.6) is 0 Å². The van der Waals surface area contributed by atoms with Crippen molar-refractivity contribution in [1.29, 1.82) is 0 Å². The Morgan fingerprint density at radius 3 is 2.61 bits per heavy atom. The molecule has 1 aliphatic carbocycles. The Morgan fingerprint density at radius 1 is 1.21 bits per heavy atom. The van der Waals surface area contributed by atoms with Gasteiger partial charge in [0.05, 0.1) is 37.3 Å². The molecule has 0 saturated heterocycles. The van der Waals surface area contributed by atoms with Crippen LogP contribution in [0.25, 0.3) is 21.8 Å². The fraction of sp³-hybridized carbons (Fsp3) is 0.238. The van der Waals surface area contributed by atoms with Crippen molar-refractivity contribution in [3.8, 4) is 0 Å². The van der Waals surface area contributed by atoms with Gasteiger partial charge in [-0.05, 0) is 50.8 Å². The van der Waals surface area contributed by atoms with Crippen molar-refractivity contribution in [1.82, 2.24) is 19.2 Å². The van der Waals surface area contributed by atoms with Gasteiger partial charge in [0.2, 0.25) is 9.84 Å². The van der Waals surface area contributed by atoms with Crippen LogP contribution in [0, 0.1) is 5.82 Å². The van der Waals surface area contributed by atoms with Gasteiger partial charge in [-0.1, -0.05) is 16.3 Å². The average Bonchev–Trinajstić information content (AvgIpc) is 3.43. The summed E-state index contributed by atoms with van der Waals surface area (Å²) in [5, 5.41) is 9.37. The molecule has 0 amide bonds. The first-order chi connectivity index (χ1) is 15.5. The molecule has 1 aliphatic rings. The zero-order valence-corrected chi connectivity index (χ0v) is 19.0. The summed E-state index contributed by atoms with van der Waals surface area (Å²) < 4.78 is 43.7. The number of rotatable bonds is 4. The molecule has 0 bridgehead atoms. The molecule has 0 radical (unpaired) electrons. The zero-order valence-electron chi connectivity index (χ0n) is 17.4. The molecule has 1 fully saturated rings. The number of likely N-dealkylation sites (N-methyl/N-ethyl adjacent to an activating group) is 1. The Balaban J connectivity index is 1.74. The number of sulfone groups is 1. The van der Waals surface area contributed by atoms with Crippen molar-refractivity contribution < 1.29 is 18.0 Å². The summed E-state index contributed by atoms with van der Waals surface area (Å²) in [5.74, 6) is -0.712. The summed E-state index contributed by atoms with van der Waals surface area (Å²) in [6, 6.07) is 6.53. The monoisotopic (exact) mass is 492 g/mol. The highest BCUT2D eigenvalue weighted by Crippen LogP contribution is 2.42. The number of hydrogen-bond acceptors (Lipinski definition) is 6. The second-order valence-corrected chi connectivity index (χ2v) is 10.6. The molecule has 2 aromatic carbocycles. The van der Waals surface area contributed by atoms with Crippen molar-refractivity contribution in [3.63, 3.8) is 0 Å². The summed E-state index contributed by atoms with van der Waals surface area (Å²) in [6.07, 6.45) is 2.59. The van der Waals surface area contributed by atoms with Crippen LogP contribution in [0.1, 0.15) is 12.5 Å². The molecule has 2 N–H and O–H groups in total. The number of nitrogens with one attached hydrogen (secondary N) is 1. The van der Waals surface area contributed by atoms with Crippen LogP contribution in [0.3, 0.4) is 0 Å². The topological polar surface area (TPSA) is 117 Å². The van der Waals surface area contributed by atoms with Gasteiger partial charge in [0.25, 0.3) is 5.56 Å². The number of aromatic nitrogens is 3. The molecule has 9 nitrogen and oxygen atoms in total. The van der Waals surface area contributed by atoms with Gasteiger partial charge < -0.3 is 19.7 Å². The number of fused-ring (bicyclic) bond motifs is 2. The van der Waals surface area contributed by atoms with Crippen molar-refractivity contribution in [3.05, 3.63) is 68.2 Å². The van der Waals surface area contributed by atoms with Crippen molar-refractivity contribution >= 4 is 43.2 Å². The third-order valence-electron chi connectivity index (χ3n) is 6.05. The van der Waals surface area contributed by atoms with Gasteiger partial charge in [0.1, 0.15) is 5.82 Å². The predicted molar refractivity (Wildman–Crippen MR) is 120 cm³/mol. The van der Waals surface area contributed by atoms with E-state index < -0.39 is 31.8 Å². The minimum Gasteiger partial charge on any atom is -0.421 e. The highest BCUT2D eigenvalue weighted by molar-refractivity contribution is 7.91. The van der Waals surface area contributed by atoms with E-state index in [4.69, 9.17) is 11.6 Å². The van der Waals surface area contributed by atoms with E-state index in [1.807, 2.05) is 18.7 Å². The van der Waals surface area contributed by atoms with E-state index in [1.165, 1.54) is 12.1 Å². The zero-order chi connectivity index (χ0) is 23.8. The first-order valence-corrected chi connectivity index (χ1v) is 11.8. The maximum atomic E-state index is 15.0. The molecular formula is C21H18ClFN4O5S. The summed E-state index contributed by atoms with van der Waals surface area (Å²) in [5.41, 5.74) is -2.35. The van der Waals surface area contributed by atoms with Crippen molar-refractivity contribution in [2.24, 2.45) is 0 Å². The molecule has 5 rings (SSSR count). The fourth-order valence-electron chi connectivity index (χ4n) is 4.26. The van der Waals surface area contributed by atoms with Gasteiger partial charge in [0, 0.05) is 17.6 Å². The predicted octanol–water partition coefficient (Wildman–Crippen LogP) is 2.38. The Kier molecular flexibility index (Phi) is 4.71. The van der Waals surface area contributed by atoms with Gasteiger partial charge in [-0.25, -0.2) is 17.6 Å². The average molecular weight is 493 g/mol. The lowest BCUT2D eigenvalue weighted by molar-refractivity contribution is 0.162. The minimum absolute atomic E-state index is 0.0885. The quantitative estimate of drug-likeness (QED) is 0.422. The van der Waals surface area contributed by atoms with E-state index in [0.29, 0.717) is 5.52 Å². The lowest BCUT2D eigenvalue weighted by atomic mass is 10.2. The van der Waals surface area contributed by atoms with E-state index in [-0.39, 0.29) is 43.0 Å². The molecular weight excluding hydrogens is 475 g/mol. The van der Waals surface area contributed by atoms with E-state index >= 15 is 0 Å². The largest absolute Gasteiger partial charge is 0.421 e. The Labute approximate surface area is 191 Å². The highest BCUT2D eigenvalue weighted by Gasteiger charge is 2.41. The van der Waals surface area contributed by atoms with Crippen LogP contribution in [0.4, 0.5) is 4.39 Å². The molecule has 172 valence electrons. The molecule has 0 aliphatic heterocycles. The molecule has 2 heterocycles. The minimum atomic E-state index is -4.39. The molecule has 2 aromatic heterocycles. The normalized spacial score (nSPS) is 18.5. The van der Waals surface area contributed by atoms with Crippen LogP contribution in [-0.4, -0.2) is 52.9 Å². The van der Waals surface area contributed by atoms with Gasteiger partial charge >= 0.3 is 5.69 Å². The Bertz CT molecular complexity index is 1690. The molecule has 2 atom stereocenters. The second-order valence-electron chi connectivity index (χ2n) is 8.24. The van der Waals surface area contributed by atoms with Gasteiger partial charge in [-0.2, -0.15) is 0 Å². The first-order valence-electron chi connectivity index (χ1n) is 9.90.